The number of hydrogen-bond acceptors (Lipinski definition) is 1. The van der Waals surface area contributed by atoms with Gasteiger partial charge in [0.1, 0.15) is 0 Å². The van der Waals surface area contributed by atoms with Gasteiger partial charge in [0, 0.05) is 17.1 Å². The molecule has 0 spiro atoms. The molecule has 63 heavy (non-hydrogen) atoms. The lowest BCUT2D eigenvalue weighted by Gasteiger charge is -2.26. The molecule has 1 aliphatic rings. The van der Waals surface area contributed by atoms with E-state index in [1.165, 1.54) is 172 Å². The van der Waals surface area contributed by atoms with Crippen LogP contribution in [-0.2, 0) is 12.8 Å². The van der Waals surface area contributed by atoms with Crippen LogP contribution in [0.4, 0.5) is 17.1 Å². The second-order valence-electron chi connectivity index (χ2n) is 17.8. The highest BCUT2D eigenvalue weighted by Crippen LogP contribution is 2.57. The van der Waals surface area contributed by atoms with Crippen molar-refractivity contribution in [1.29, 1.82) is 0 Å². The Morgan fingerprint density at radius 1 is 0.302 bits per heavy atom. The summed E-state index contributed by atoms with van der Waals surface area (Å²) in [6, 6.07) is 66.2. The van der Waals surface area contributed by atoms with Gasteiger partial charge in [-0.3, -0.25) is 0 Å². The zero-order chi connectivity index (χ0) is 42.8. The number of fused-ring (bicyclic) bond motifs is 3. The normalized spacial score (nSPS) is 11.6. The van der Waals surface area contributed by atoms with Crippen LogP contribution in [0.1, 0.15) is 102 Å². The number of benzene rings is 8. The topological polar surface area (TPSA) is 3.24 Å². The summed E-state index contributed by atoms with van der Waals surface area (Å²) in [5.41, 5.74) is 19.3. The van der Waals surface area contributed by atoms with Gasteiger partial charge >= 0.3 is 0 Å². The van der Waals surface area contributed by atoms with E-state index in [9.17, 15) is 0 Å². The molecule has 8 aromatic rings. The number of aryl methyl sites for hydroxylation is 2. The maximum Gasteiger partial charge on any atom is 0.0462 e. The van der Waals surface area contributed by atoms with Crippen LogP contribution in [-0.4, -0.2) is 0 Å². The third-order valence-electron chi connectivity index (χ3n) is 13.4. The SMILES string of the molecule is CCCCCCCCc1ccc(N(c2ccc(CCCCCCCC)cc2)c2ccc(-c3ccc4cccc5c4c3-c3c(-c4ccccc4)ccc(-c4ccccc4)c3-5)cc2)cc1. The lowest BCUT2D eigenvalue weighted by molar-refractivity contribution is 0.607. The highest BCUT2D eigenvalue weighted by molar-refractivity contribution is 6.24. The van der Waals surface area contributed by atoms with Crippen LogP contribution in [0.3, 0.4) is 0 Å². The summed E-state index contributed by atoms with van der Waals surface area (Å²) >= 11 is 0. The first-order chi connectivity index (χ1) is 31.2. The Morgan fingerprint density at radius 2 is 0.730 bits per heavy atom. The smallest absolute Gasteiger partial charge is 0.0462 e. The Kier molecular flexibility index (Phi) is 13.6. The minimum absolute atomic E-state index is 1.14. The zero-order valence-corrected chi connectivity index (χ0v) is 37.6. The summed E-state index contributed by atoms with van der Waals surface area (Å²) in [6.45, 7) is 4.59. The lowest BCUT2D eigenvalue weighted by Crippen LogP contribution is -2.10. The highest BCUT2D eigenvalue weighted by Gasteiger charge is 2.30. The van der Waals surface area contributed by atoms with Crippen molar-refractivity contribution < 1.29 is 0 Å². The summed E-state index contributed by atoms with van der Waals surface area (Å²) < 4.78 is 0. The van der Waals surface area contributed by atoms with Crippen LogP contribution in [0, 0.1) is 0 Å². The second-order valence-corrected chi connectivity index (χ2v) is 17.8. The molecule has 1 nitrogen and oxygen atoms in total. The van der Waals surface area contributed by atoms with Gasteiger partial charge in [0.25, 0.3) is 0 Å². The summed E-state index contributed by atoms with van der Waals surface area (Å²) in [4.78, 5) is 2.44. The van der Waals surface area contributed by atoms with Gasteiger partial charge in [0.05, 0.1) is 0 Å². The molecule has 1 heteroatoms. The zero-order valence-electron chi connectivity index (χ0n) is 37.6. The fourth-order valence-electron chi connectivity index (χ4n) is 10.0. The maximum atomic E-state index is 2.44. The second kappa shape index (κ2) is 20.3. The van der Waals surface area contributed by atoms with Gasteiger partial charge in [-0.05, 0) is 140 Å². The number of rotatable bonds is 20. The number of nitrogens with zero attached hydrogens (tertiary/aromatic N) is 1. The summed E-state index contributed by atoms with van der Waals surface area (Å²) in [7, 11) is 0. The molecule has 0 heterocycles. The monoisotopic (exact) mass is 821 g/mol. The fraction of sp³-hybridized carbons (Fsp3) is 0.258. The summed E-state index contributed by atoms with van der Waals surface area (Å²) in [6.07, 6.45) is 18.2. The van der Waals surface area contributed by atoms with E-state index in [0.717, 1.165) is 12.8 Å². The number of anilines is 3. The van der Waals surface area contributed by atoms with E-state index in [2.05, 4.69) is 195 Å². The minimum Gasteiger partial charge on any atom is -0.311 e. The van der Waals surface area contributed by atoms with Crippen molar-refractivity contribution in [3.63, 3.8) is 0 Å². The highest BCUT2D eigenvalue weighted by atomic mass is 15.1. The van der Waals surface area contributed by atoms with Crippen molar-refractivity contribution in [3.05, 3.63) is 187 Å². The molecule has 1 aliphatic carbocycles. The molecule has 0 aliphatic heterocycles. The molecule has 0 bridgehead atoms. The van der Waals surface area contributed by atoms with E-state index in [1.54, 1.807) is 0 Å². The van der Waals surface area contributed by atoms with Crippen molar-refractivity contribution in [3.8, 4) is 55.6 Å². The first kappa shape index (κ1) is 42.1. The van der Waals surface area contributed by atoms with Crippen LogP contribution in [0.15, 0.2) is 176 Å². The lowest BCUT2D eigenvalue weighted by atomic mass is 9.86. The first-order valence-corrected chi connectivity index (χ1v) is 24.1. The van der Waals surface area contributed by atoms with Gasteiger partial charge in [0.2, 0.25) is 0 Å². The molecule has 0 N–H and O–H groups in total. The first-order valence-electron chi connectivity index (χ1n) is 24.1. The molecule has 0 unspecified atom stereocenters. The van der Waals surface area contributed by atoms with Crippen LogP contribution >= 0.6 is 0 Å². The average Bonchev–Trinajstić information content (AvgIpc) is 3.69. The molecule has 0 radical (unpaired) electrons. The number of unbranched alkanes of at least 4 members (excludes halogenated alkanes) is 10. The Hall–Kier alpha value is -6.18. The Balaban J connectivity index is 1.08. The Labute approximate surface area is 377 Å². The van der Waals surface area contributed by atoms with Crippen molar-refractivity contribution in [2.45, 2.75) is 104 Å². The molecule has 0 fully saturated rings. The molecule has 0 atom stereocenters. The van der Waals surface area contributed by atoms with Gasteiger partial charge in [-0.1, -0.05) is 218 Å². The molecular formula is C62H63N. The van der Waals surface area contributed by atoms with Crippen molar-refractivity contribution in [2.24, 2.45) is 0 Å². The predicted molar refractivity (Wildman–Crippen MR) is 274 cm³/mol. The molecule has 0 saturated heterocycles. The fourth-order valence-corrected chi connectivity index (χ4v) is 10.0. The average molecular weight is 822 g/mol. The van der Waals surface area contributed by atoms with Gasteiger partial charge in [-0.25, -0.2) is 0 Å². The van der Waals surface area contributed by atoms with Crippen LogP contribution in [0.25, 0.3) is 66.4 Å². The van der Waals surface area contributed by atoms with Gasteiger partial charge in [-0.15, -0.1) is 0 Å². The predicted octanol–water partition coefficient (Wildman–Crippen LogP) is 18.8. The maximum absolute atomic E-state index is 2.44. The van der Waals surface area contributed by atoms with E-state index in [1.807, 2.05) is 0 Å². The van der Waals surface area contributed by atoms with E-state index >= 15 is 0 Å². The van der Waals surface area contributed by atoms with Crippen LogP contribution < -0.4 is 4.90 Å². The third-order valence-corrected chi connectivity index (χ3v) is 13.4. The molecular weight excluding hydrogens is 759 g/mol. The molecule has 0 aromatic heterocycles. The molecule has 316 valence electrons. The minimum atomic E-state index is 1.14. The van der Waals surface area contributed by atoms with Crippen LogP contribution in [0.2, 0.25) is 0 Å². The van der Waals surface area contributed by atoms with E-state index in [4.69, 9.17) is 0 Å². The number of hydrogen-bond donors (Lipinski definition) is 0. The van der Waals surface area contributed by atoms with E-state index in [0.29, 0.717) is 0 Å². The van der Waals surface area contributed by atoms with Crippen LogP contribution in [0.5, 0.6) is 0 Å². The van der Waals surface area contributed by atoms with E-state index < -0.39 is 0 Å². The largest absolute Gasteiger partial charge is 0.311 e. The molecule has 0 saturated carbocycles. The Bertz CT molecular complexity index is 2650. The third kappa shape index (κ3) is 9.30. The molecule has 9 rings (SSSR count). The Morgan fingerprint density at radius 3 is 1.25 bits per heavy atom. The van der Waals surface area contributed by atoms with Crippen molar-refractivity contribution in [1.82, 2.24) is 0 Å². The quantitative estimate of drug-likeness (QED) is 0.0692. The molecule has 8 aromatic carbocycles. The molecule has 0 amide bonds. The van der Waals surface area contributed by atoms with E-state index in [-0.39, 0.29) is 0 Å². The van der Waals surface area contributed by atoms with Gasteiger partial charge in [-0.2, -0.15) is 0 Å². The van der Waals surface area contributed by atoms with Gasteiger partial charge in [0.15, 0.2) is 0 Å². The van der Waals surface area contributed by atoms with Crippen molar-refractivity contribution >= 4 is 27.8 Å². The summed E-state index contributed by atoms with van der Waals surface area (Å²) in [5, 5.41) is 2.63. The van der Waals surface area contributed by atoms with Crippen molar-refractivity contribution in [2.75, 3.05) is 4.90 Å². The standard InChI is InChI=1S/C62H63N/c1-3-5-7-9-11-15-22-46-30-37-52(38-31-46)63(53-39-32-47(33-40-53)23-16-12-10-8-6-4-2)54-41-34-50(35-42-54)56-43-36-51-28-21-29-58-59(51)61(56)62-57(49-26-19-14-20-27-49)45-44-55(60(58)62)48-24-17-13-18-25-48/h13-14,17-21,24-45H,3-12,15-16,22-23H2,1-2H3. The van der Waals surface area contributed by atoms with Gasteiger partial charge < -0.3 is 4.90 Å². The summed E-state index contributed by atoms with van der Waals surface area (Å²) in [5.74, 6) is 0.